The van der Waals surface area contributed by atoms with E-state index in [1.54, 1.807) is 0 Å². The van der Waals surface area contributed by atoms with E-state index in [-0.39, 0.29) is 30.7 Å². The summed E-state index contributed by atoms with van der Waals surface area (Å²) >= 11 is 0. The Morgan fingerprint density at radius 3 is 2.74 bits per heavy atom. The van der Waals surface area contributed by atoms with E-state index in [4.69, 9.17) is 9.47 Å². The third-order valence-electron chi connectivity index (χ3n) is 7.04. The molecule has 2 N–H and O–H groups in total. The molecule has 7 nitrogen and oxygen atoms in total. The van der Waals surface area contributed by atoms with Gasteiger partial charge in [-0.2, -0.15) is 0 Å². The van der Waals surface area contributed by atoms with Gasteiger partial charge in [-0.05, 0) is 56.9 Å². The van der Waals surface area contributed by atoms with E-state index in [1.807, 2.05) is 11.8 Å². The van der Waals surface area contributed by atoms with Crippen LogP contribution in [0.15, 0.2) is 30.3 Å². The lowest BCUT2D eigenvalue weighted by atomic mass is 9.80. The van der Waals surface area contributed by atoms with E-state index in [0.717, 1.165) is 38.5 Å². The molecule has 2 aliphatic heterocycles. The fourth-order valence-corrected chi connectivity index (χ4v) is 5.44. The molecule has 0 bridgehead atoms. The number of hydrogen-bond donors (Lipinski definition) is 2. The Kier molecular flexibility index (Phi) is 7.13. The lowest BCUT2D eigenvalue weighted by molar-refractivity contribution is -0.143. The Morgan fingerprint density at radius 1 is 1.26 bits per heavy atom. The highest BCUT2D eigenvalue weighted by Crippen LogP contribution is 2.35. The molecule has 4 rings (SSSR count). The number of piperidine rings is 1. The largest absolute Gasteiger partial charge is 0.376 e. The molecule has 3 aliphatic rings. The van der Waals surface area contributed by atoms with Crippen LogP contribution in [0.2, 0.25) is 0 Å². The molecular formula is C24H35N3O4. The fraction of sp³-hybridized carbons (Fsp3) is 0.667. The number of nitrogens with one attached hydrogen (secondary N) is 2. The van der Waals surface area contributed by atoms with Crippen molar-refractivity contribution in [2.75, 3.05) is 32.9 Å². The van der Waals surface area contributed by atoms with Gasteiger partial charge in [0.05, 0.1) is 30.9 Å². The van der Waals surface area contributed by atoms with Crippen molar-refractivity contribution < 1.29 is 19.1 Å². The predicted octanol–water partition coefficient (Wildman–Crippen LogP) is 2.81. The summed E-state index contributed by atoms with van der Waals surface area (Å²) in [6.07, 6.45) is 6.08. The van der Waals surface area contributed by atoms with Gasteiger partial charge in [0.1, 0.15) is 6.61 Å². The van der Waals surface area contributed by atoms with Crippen LogP contribution in [0.3, 0.4) is 0 Å². The first-order valence-corrected chi connectivity index (χ1v) is 11.7. The number of morpholine rings is 1. The summed E-state index contributed by atoms with van der Waals surface area (Å²) < 4.78 is 12.0. The second-order valence-electron chi connectivity index (χ2n) is 9.06. The summed E-state index contributed by atoms with van der Waals surface area (Å²) in [5.41, 5.74) is 0.844. The van der Waals surface area contributed by atoms with Crippen LogP contribution in [0.5, 0.6) is 0 Å². The average Bonchev–Trinajstić information content (AvgIpc) is 2.79. The van der Waals surface area contributed by atoms with E-state index in [1.165, 1.54) is 5.56 Å². The molecule has 3 amide bonds. The Labute approximate surface area is 184 Å². The van der Waals surface area contributed by atoms with Crippen molar-refractivity contribution in [3.63, 3.8) is 0 Å². The summed E-state index contributed by atoms with van der Waals surface area (Å²) in [6.45, 7) is 4.07. The second-order valence-corrected chi connectivity index (χ2v) is 9.06. The summed E-state index contributed by atoms with van der Waals surface area (Å²) in [5.74, 6) is 0.484. The number of nitrogens with zero attached hydrogens (tertiary/aromatic N) is 1. The average molecular weight is 430 g/mol. The maximum atomic E-state index is 12.8. The zero-order chi connectivity index (χ0) is 21.7. The van der Waals surface area contributed by atoms with E-state index in [2.05, 4.69) is 41.0 Å². The molecule has 1 saturated carbocycles. The second kappa shape index (κ2) is 10.0. The molecule has 1 spiro atoms. The fourth-order valence-electron chi connectivity index (χ4n) is 5.44. The summed E-state index contributed by atoms with van der Waals surface area (Å²) in [5, 5.41) is 6.08. The molecule has 2 heterocycles. The van der Waals surface area contributed by atoms with E-state index >= 15 is 0 Å². The summed E-state index contributed by atoms with van der Waals surface area (Å²) in [4.78, 5) is 26.8. The molecular weight excluding hydrogens is 394 g/mol. The predicted molar refractivity (Wildman–Crippen MR) is 118 cm³/mol. The highest BCUT2D eigenvalue weighted by atomic mass is 16.5. The first kappa shape index (κ1) is 22.1. The van der Waals surface area contributed by atoms with Gasteiger partial charge in [0.2, 0.25) is 5.91 Å². The maximum Gasteiger partial charge on any atom is 0.317 e. The van der Waals surface area contributed by atoms with Crippen LogP contribution in [0, 0.1) is 0 Å². The lowest BCUT2D eigenvalue weighted by Crippen LogP contribution is -2.72. The quantitative estimate of drug-likeness (QED) is 0.754. The van der Waals surface area contributed by atoms with Crippen molar-refractivity contribution >= 4 is 11.9 Å². The maximum absolute atomic E-state index is 12.8. The van der Waals surface area contributed by atoms with Gasteiger partial charge in [0.15, 0.2) is 0 Å². The van der Waals surface area contributed by atoms with Crippen LogP contribution in [0.25, 0.3) is 0 Å². The van der Waals surface area contributed by atoms with Gasteiger partial charge in [-0.25, -0.2) is 4.79 Å². The lowest BCUT2D eigenvalue weighted by Gasteiger charge is -2.51. The van der Waals surface area contributed by atoms with Crippen molar-refractivity contribution in [2.45, 2.75) is 69.1 Å². The molecule has 2 atom stereocenters. The standard InChI is InChI=1S/C24H35N3O4/c1-2-25-23(29)27-14-6-13-24(17-30-16-22(28)26-24)21(27)15-31-20-11-9-19(10-12-20)18-7-4-3-5-8-18/h3-5,7-8,19-21H,2,6,9-17H2,1H3,(H,25,29)(H,26,28)/t19?,20?,21-,24+/m0/s1. The van der Waals surface area contributed by atoms with Gasteiger partial charge >= 0.3 is 6.03 Å². The van der Waals surface area contributed by atoms with Gasteiger partial charge in [-0.15, -0.1) is 0 Å². The number of urea groups is 1. The number of likely N-dealkylation sites (tertiary alicyclic amines) is 1. The first-order valence-electron chi connectivity index (χ1n) is 11.7. The van der Waals surface area contributed by atoms with Crippen molar-refractivity contribution in [1.82, 2.24) is 15.5 Å². The van der Waals surface area contributed by atoms with Crippen molar-refractivity contribution in [2.24, 2.45) is 0 Å². The highest BCUT2D eigenvalue weighted by molar-refractivity contribution is 5.80. The number of benzene rings is 1. The Morgan fingerprint density at radius 2 is 2.03 bits per heavy atom. The number of hydrogen-bond acceptors (Lipinski definition) is 4. The molecule has 3 fully saturated rings. The van der Waals surface area contributed by atoms with Crippen LogP contribution in [0.1, 0.15) is 56.9 Å². The topological polar surface area (TPSA) is 79.9 Å². The minimum Gasteiger partial charge on any atom is -0.376 e. The van der Waals surface area contributed by atoms with Crippen molar-refractivity contribution in [1.29, 1.82) is 0 Å². The van der Waals surface area contributed by atoms with Crippen LogP contribution in [-0.4, -0.2) is 67.4 Å². The summed E-state index contributed by atoms with van der Waals surface area (Å²) in [6, 6.07) is 10.4. The highest BCUT2D eigenvalue weighted by Gasteiger charge is 2.49. The first-order chi connectivity index (χ1) is 15.1. The van der Waals surface area contributed by atoms with E-state index in [9.17, 15) is 9.59 Å². The Balaban J connectivity index is 1.40. The van der Waals surface area contributed by atoms with Crippen LogP contribution < -0.4 is 10.6 Å². The van der Waals surface area contributed by atoms with Crippen LogP contribution in [0.4, 0.5) is 4.79 Å². The van der Waals surface area contributed by atoms with E-state index in [0.29, 0.717) is 32.2 Å². The zero-order valence-corrected chi connectivity index (χ0v) is 18.5. The molecule has 2 saturated heterocycles. The Hall–Kier alpha value is -2.12. The van der Waals surface area contributed by atoms with Crippen LogP contribution >= 0.6 is 0 Å². The molecule has 1 aliphatic carbocycles. The van der Waals surface area contributed by atoms with Crippen molar-refractivity contribution in [3.05, 3.63) is 35.9 Å². The molecule has 1 aromatic rings. The molecule has 7 heteroatoms. The SMILES string of the molecule is CCNC(=O)N1CCC[C@@]2(COCC(=O)N2)[C@@H]1COC1CCC(c2ccccc2)CC1. The molecule has 1 aromatic carbocycles. The van der Waals surface area contributed by atoms with E-state index < -0.39 is 5.54 Å². The van der Waals surface area contributed by atoms with Crippen molar-refractivity contribution in [3.8, 4) is 0 Å². The molecule has 170 valence electrons. The normalized spacial score (nSPS) is 31.3. The molecule has 31 heavy (non-hydrogen) atoms. The number of carbonyl (C=O) groups excluding carboxylic acids is 2. The number of amides is 3. The van der Waals surface area contributed by atoms with Gasteiger partial charge in [0.25, 0.3) is 0 Å². The van der Waals surface area contributed by atoms with Crippen LogP contribution in [-0.2, 0) is 14.3 Å². The minimum atomic E-state index is -0.570. The Bertz CT molecular complexity index is 746. The molecule has 0 radical (unpaired) electrons. The molecule has 0 unspecified atom stereocenters. The zero-order valence-electron chi connectivity index (χ0n) is 18.5. The smallest absolute Gasteiger partial charge is 0.317 e. The van der Waals surface area contributed by atoms with Gasteiger partial charge in [-0.1, -0.05) is 30.3 Å². The van der Waals surface area contributed by atoms with Gasteiger partial charge in [0, 0.05) is 13.1 Å². The monoisotopic (exact) mass is 429 g/mol. The third kappa shape index (κ3) is 5.04. The number of ether oxygens (including phenoxy) is 2. The van der Waals surface area contributed by atoms with Gasteiger partial charge < -0.3 is 25.0 Å². The number of carbonyl (C=O) groups is 2. The minimum absolute atomic E-state index is 0.0833. The summed E-state index contributed by atoms with van der Waals surface area (Å²) in [7, 11) is 0. The molecule has 0 aromatic heterocycles. The van der Waals surface area contributed by atoms with Gasteiger partial charge in [-0.3, -0.25) is 4.79 Å². The number of rotatable bonds is 5. The third-order valence-corrected chi connectivity index (χ3v) is 7.04.